The number of nitrogens with zero attached hydrogens (tertiary/aromatic N) is 1. The number of benzene rings is 1. The molecule has 6 heteroatoms. The van der Waals surface area contributed by atoms with Crippen molar-refractivity contribution in [2.45, 2.75) is 39.5 Å². The number of esters is 1. The van der Waals surface area contributed by atoms with Gasteiger partial charge in [0, 0.05) is 17.7 Å². The number of hydrogen-bond donors (Lipinski definition) is 1. The van der Waals surface area contributed by atoms with E-state index in [-0.39, 0.29) is 5.57 Å². The zero-order valence-corrected chi connectivity index (χ0v) is 17.5. The summed E-state index contributed by atoms with van der Waals surface area (Å²) >= 11 is 0. The van der Waals surface area contributed by atoms with Crippen molar-refractivity contribution in [3.05, 3.63) is 59.1 Å². The molecule has 1 aliphatic rings. The van der Waals surface area contributed by atoms with Crippen molar-refractivity contribution in [2.75, 3.05) is 11.9 Å². The molecule has 1 N–H and O–H groups in total. The largest absolute Gasteiger partial charge is 0.462 e. The van der Waals surface area contributed by atoms with Gasteiger partial charge in [0.1, 0.15) is 23.2 Å². The van der Waals surface area contributed by atoms with Crippen molar-refractivity contribution >= 4 is 23.6 Å². The molecule has 1 aromatic carbocycles. The maximum atomic E-state index is 12.4. The molecule has 0 radical (unpaired) electrons. The molecule has 1 heterocycles. The Morgan fingerprint density at radius 2 is 1.97 bits per heavy atom. The molecule has 0 saturated heterocycles. The first kappa shape index (κ1) is 21.4. The van der Waals surface area contributed by atoms with Crippen molar-refractivity contribution in [1.29, 1.82) is 5.26 Å². The molecule has 6 nitrogen and oxygen atoms in total. The summed E-state index contributed by atoms with van der Waals surface area (Å²) < 4.78 is 11.0. The summed E-state index contributed by atoms with van der Waals surface area (Å²) in [4.78, 5) is 24.5. The molecule has 1 saturated carbocycles. The van der Waals surface area contributed by atoms with E-state index >= 15 is 0 Å². The molecular formula is C24H26N2O4. The van der Waals surface area contributed by atoms with E-state index in [2.05, 4.69) is 26.1 Å². The Labute approximate surface area is 176 Å². The number of amides is 1. The Hall–Kier alpha value is -3.33. The fourth-order valence-electron chi connectivity index (χ4n) is 3.01. The monoisotopic (exact) mass is 406 g/mol. The first-order chi connectivity index (χ1) is 14.4. The van der Waals surface area contributed by atoms with Gasteiger partial charge in [0.25, 0.3) is 5.91 Å². The Kier molecular flexibility index (Phi) is 6.73. The van der Waals surface area contributed by atoms with Gasteiger partial charge in [-0.2, -0.15) is 5.26 Å². The zero-order chi connectivity index (χ0) is 21.7. The number of nitrogens with one attached hydrogen (secondary N) is 1. The predicted octanol–water partition coefficient (Wildman–Crippen LogP) is 5.15. The fourth-order valence-corrected chi connectivity index (χ4v) is 3.01. The lowest BCUT2D eigenvalue weighted by atomic mass is 10.1. The molecule has 1 aliphatic carbocycles. The molecule has 1 fully saturated rings. The van der Waals surface area contributed by atoms with Gasteiger partial charge in [-0.25, -0.2) is 4.79 Å². The normalized spacial score (nSPS) is 18.0. The minimum Gasteiger partial charge on any atom is -0.462 e. The van der Waals surface area contributed by atoms with Crippen LogP contribution in [0.5, 0.6) is 0 Å². The van der Waals surface area contributed by atoms with Gasteiger partial charge in [0.05, 0.1) is 12.2 Å². The molecule has 3 rings (SSSR count). The average Bonchev–Trinajstić information content (AvgIpc) is 3.26. The number of rotatable bonds is 8. The van der Waals surface area contributed by atoms with Gasteiger partial charge in [0.2, 0.25) is 0 Å². The molecule has 156 valence electrons. The summed E-state index contributed by atoms with van der Waals surface area (Å²) in [6.07, 6.45) is 3.34. The Bertz CT molecular complexity index is 979. The Balaban J connectivity index is 1.59. The van der Waals surface area contributed by atoms with Crippen molar-refractivity contribution in [2.24, 2.45) is 11.8 Å². The van der Waals surface area contributed by atoms with Crippen LogP contribution in [0.1, 0.15) is 61.4 Å². The van der Waals surface area contributed by atoms with E-state index in [1.54, 1.807) is 30.3 Å². The molecule has 0 aliphatic heterocycles. The lowest BCUT2D eigenvalue weighted by Crippen LogP contribution is -2.13. The highest BCUT2D eigenvalue weighted by Crippen LogP contribution is 2.47. The van der Waals surface area contributed by atoms with Crippen LogP contribution in [0.2, 0.25) is 0 Å². The van der Waals surface area contributed by atoms with E-state index in [1.807, 2.05) is 12.1 Å². The van der Waals surface area contributed by atoms with Gasteiger partial charge >= 0.3 is 5.97 Å². The molecule has 0 bridgehead atoms. The SMILES string of the molecule is CC(C)CCOC(=O)c1ccc(NC(=O)/C(C#N)=C/c2ccc([C@@H]3C[C@H]3C)o2)cc1. The van der Waals surface area contributed by atoms with E-state index in [1.165, 1.54) is 6.08 Å². The number of anilines is 1. The lowest BCUT2D eigenvalue weighted by Gasteiger charge is -2.08. The molecule has 0 unspecified atom stereocenters. The zero-order valence-electron chi connectivity index (χ0n) is 17.5. The molecule has 2 atom stereocenters. The number of carbonyl (C=O) groups excluding carboxylic acids is 2. The van der Waals surface area contributed by atoms with Crippen LogP contribution in [0.15, 0.2) is 46.4 Å². The third-order valence-corrected chi connectivity index (χ3v) is 5.08. The Morgan fingerprint density at radius 1 is 1.27 bits per heavy atom. The second kappa shape index (κ2) is 9.45. The van der Waals surface area contributed by atoms with Crippen LogP contribution in [0.25, 0.3) is 6.08 Å². The van der Waals surface area contributed by atoms with Crippen LogP contribution in [-0.4, -0.2) is 18.5 Å². The first-order valence-corrected chi connectivity index (χ1v) is 10.2. The van der Waals surface area contributed by atoms with Gasteiger partial charge < -0.3 is 14.5 Å². The summed E-state index contributed by atoms with van der Waals surface area (Å²) in [5, 5.41) is 12.0. The second-order valence-electron chi connectivity index (χ2n) is 8.08. The summed E-state index contributed by atoms with van der Waals surface area (Å²) in [5.74, 6) is 1.94. The molecular weight excluding hydrogens is 380 g/mol. The van der Waals surface area contributed by atoms with E-state index in [9.17, 15) is 14.9 Å². The minimum atomic E-state index is -0.539. The van der Waals surface area contributed by atoms with Gasteiger partial charge in [-0.1, -0.05) is 20.8 Å². The van der Waals surface area contributed by atoms with Crippen molar-refractivity contribution in [3.8, 4) is 6.07 Å². The van der Waals surface area contributed by atoms with Gasteiger partial charge in [-0.15, -0.1) is 0 Å². The van der Waals surface area contributed by atoms with Gasteiger partial charge in [-0.3, -0.25) is 4.79 Å². The molecule has 0 spiro atoms. The van der Waals surface area contributed by atoms with Crippen molar-refractivity contribution in [3.63, 3.8) is 0 Å². The average molecular weight is 406 g/mol. The van der Waals surface area contributed by atoms with Crippen LogP contribution < -0.4 is 5.32 Å². The van der Waals surface area contributed by atoms with Crippen LogP contribution in [-0.2, 0) is 9.53 Å². The summed E-state index contributed by atoms with van der Waals surface area (Å²) in [6.45, 7) is 6.66. The quantitative estimate of drug-likeness (QED) is 0.372. The van der Waals surface area contributed by atoms with Crippen molar-refractivity contribution in [1.82, 2.24) is 0 Å². The van der Waals surface area contributed by atoms with Crippen LogP contribution >= 0.6 is 0 Å². The van der Waals surface area contributed by atoms with Gasteiger partial charge in [0.15, 0.2) is 0 Å². The summed E-state index contributed by atoms with van der Waals surface area (Å²) in [6, 6.07) is 11.9. The van der Waals surface area contributed by atoms with E-state index in [0.717, 1.165) is 18.6 Å². The standard InChI is InChI=1S/C24H26N2O4/c1-15(2)10-11-29-24(28)17-4-6-19(7-5-17)26-23(27)18(14-25)13-20-8-9-22(30-20)21-12-16(21)3/h4-9,13,15-16,21H,10-12H2,1-3H3,(H,26,27)/b18-13+/t16-,21-/m1/s1. The third-order valence-electron chi connectivity index (χ3n) is 5.08. The number of furan rings is 1. The lowest BCUT2D eigenvalue weighted by molar-refractivity contribution is -0.112. The summed E-state index contributed by atoms with van der Waals surface area (Å²) in [5.41, 5.74) is 0.828. The number of hydrogen-bond acceptors (Lipinski definition) is 5. The smallest absolute Gasteiger partial charge is 0.338 e. The van der Waals surface area contributed by atoms with Crippen molar-refractivity contribution < 1.29 is 18.7 Å². The number of ether oxygens (including phenoxy) is 1. The summed E-state index contributed by atoms with van der Waals surface area (Å²) in [7, 11) is 0. The topological polar surface area (TPSA) is 92.3 Å². The van der Waals surface area contributed by atoms with Crippen LogP contribution in [0.4, 0.5) is 5.69 Å². The number of carbonyl (C=O) groups is 2. The van der Waals surface area contributed by atoms with E-state index < -0.39 is 11.9 Å². The highest BCUT2D eigenvalue weighted by atomic mass is 16.5. The molecule has 30 heavy (non-hydrogen) atoms. The van der Waals surface area contributed by atoms with Gasteiger partial charge in [-0.05, 0) is 61.1 Å². The van der Waals surface area contributed by atoms with E-state index in [0.29, 0.717) is 41.4 Å². The highest BCUT2D eigenvalue weighted by Gasteiger charge is 2.36. The Morgan fingerprint density at radius 3 is 2.57 bits per heavy atom. The van der Waals surface area contributed by atoms with E-state index in [4.69, 9.17) is 9.15 Å². The molecule has 1 aromatic heterocycles. The molecule has 1 amide bonds. The molecule has 2 aromatic rings. The van der Waals surface area contributed by atoms with Crippen LogP contribution in [0.3, 0.4) is 0 Å². The first-order valence-electron chi connectivity index (χ1n) is 10.2. The van der Waals surface area contributed by atoms with Crippen LogP contribution in [0, 0.1) is 23.2 Å². The number of nitriles is 1. The third kappa shape index (κ3) is 5.60. The highest BCUT2D eigenvalue weighted by molar-refractivity contribution is 6.09. The maximum Gasteiger partial charge on any atom is 0.338 e. The minimum absolute atomic E-state index is 0.0584. The second-order valence-corrected chi connectivity index (χ2v) is 8.08. The maximum absolute atomic E-state index is 12.4. The fraction of sp³-hybridized carbons (Fsp3) is 0.375. The predicted molar refractivity (Wildman–Crippen MR) is 114 cm³/mol.